The van der Waals surface area contributed by atoms with E-state index < -0.39 is 0 Å². The monoisotopic (exact) mass is 178 g/mol. The van der Waals surface area contributed by atoms with Crippen LogP contribution in [0.3, 0.4) is 0 Å². The molecule has 0 aliphatic heterocycles. The van der Waals surface area contributed by atoms with Crippen LogP contribution >= 0.6 is 0 Å². The van der Waals surface area contributed by atoms with Crippen LogP contribution in [0.25, 0.3) is 0 Å². The van der Waals surface area contributed by atoms with Crippen LogP contribution in [0.5, 0.6) is 5.75 Å². The molecule has 0 saturated carbocycles. The molecule has 1 unspecified atom stereocenters. The number of ether oxygens (including phenoxy) is 1. The average Bonchev–Trinajstić information content (AvgIpc) is 2.04. The minimum atomic E-state index is -0.306. The molecule has 0 aromatic heterocycles. The van der Waals surface area contributed by atoms with Gasteiger partial charge in [-0.15, -0.1) is 0 Å². The molecule has 1 amide bonds. The third kappa shape index (κ3) is 3.60. The van der Waals surface area contributed by atoms with Crippen LogP contribution in [0, 0.1) is 6.07 Å². The molecule has 0 aliphatic rings. The van der Waals surface area contributed by atoms with Crippen LogP contribution < -0.4 is 10.1 Å². The van der Waals surface area contributed by atoms with E-state index in [-0.39, 0.29) is 12.1 Å². The number of nitrogens with one attached hydrogen (secondary N) is 1. The molecule has 1 rings (SSSR count). The molecule has 0 heterocycles. The Bertz CT molecular complexity index is 272. The Morgan fingerprint density at radius 3 is 2.69 bits per heavy atom. The highest BCUT2D eigenvalue weighted by Gasteiger charge is 2.03. The molecule has 1 N–H and O–H groups in total. The quantitative estimate of drug-likeness (QED) is 0.709. The van der Waals surface area contributed by atoms with Gasteiger partial charge in [-0.25, -0.2) is 0 Å². The highest BCUT2D eigenvalue weighted by Crippen LogP contribution is 2.09. The minimum Gasteiger partial charge on any atom is -0.471 e. The Labute approximate surface area is 77.7 Å². The molecular formula is C10H12NO2. The lowest BCUT2D eigenvalue weighted by molar-refractivity contribution is -0.121. The first kappa shape index (κ1) is 9.58. The summed E-state index contributed by atoms with van der Waals surface area (Å²) in [5, 5.41) is 2.62. The van der Waals surface area contributed by atoms with E-state index in [1.807, 2.05) is 0 Å². The number of benzene rings is 1. The van der Waals surface area contributed by atoms with Crippen molar-refractivity contribution in [2.75, 3.05) is 0 Å². The fraction of sp³-hybridized carbons (Fsp3) is 0.300. The summed E-state index contributed by atoms with van der Waals surface area (Å²) < 4.78 is 5.37. The topological polar surface area (TPSA) is 38.3 Å². The third-order valence-electron chi connectivity index (χ3n) is 1.41. The maximum atomic E-state index is 10.6. The summed E-state index contributed by atoms with van der Waals surface area (Å²) in [6.45, 7) is 3.23. The maximum Gasteiger partial charge on any atom is 0.219 e. The molecular weight excluding hydrogens is 166 g/mol. The third-order valence-corrected chi connectivity index (χ3v) is 1.41. The number of rotatable bonds is 3. The smallest absolute Gasteiger partial charge is 0.219 e. The summed E-state index contributed by atoms with van der Waals surface area (Å²) in [6, 6.07) is 9.98. The maximum absolute atomic E-state index is 10.6. The first-order valence-corrected chi connectivity index (χ1v) is 4.08. The average molecular weight is 178 g/mol. The molecule has 1 aromatic carbocycles. The van der Waals surface area contributed by atoms with Gasteiger partial charge in [-0.2, -0.15) is 0 Å². The summed E-state index contributed by atoms with van der Waals surface area (Å²) in [6.07, 6.45) is -0.306. The van der Waals surface area contributed by atoms with Crippen LogP contribution in [-0.4, -0.2) is 12.1 Å². The second kappa shape index (κ2) is 4.50. The Morgan fingerprint density at radius 2 is 2.15 bits per heavy atom. The lowest BCUT2D eigenvalue weighted by Crippen LogP contribution is -2.34. The van der Waals surface area contributed by atoms with Crippen LogP contribution in [-0.2, 0) is 4.79 Å². The number of hydrogen-bond acceptors (Lipinski definition) is 2. The summed E-state index contributed by atoms with van der Waals surface area (Å²) >= 11 is 0. The predicted octanol–water partition coefficient (Wildman–Crippen LogP) is 1.35. The van der Waals surface area contributed by atoms with Crippen molar-refractivity contribution in [3.63, 3.8) is 0 Å². The van der Waals surface area contributed by atoms with Gasteiger partial charge in [0.1, 0.15) is 5.75 Å². The van der Waals surface area contributed by atoms with Crippen LogP contribution in [0.4, 0.5) is 0 Å². The lowest BCUT2D eigenvalue weighted by atomic mass is 10.3. The summed E-state index contributed by atoms with van der Waals surface area (Å²) in [4.78, 5) is 10.6. The van der Waals surface area contributed by atoms with E-state index in [1.54, 1.807) is 31.2 Å². The fourth-order valence-corrected chi connectivity index (χ4v) is 0.970. The number of carbonyl (C=O) groups is 1. The van der Waals surface area contributed by atoms with E-state index in [4.69, 9.17) is 4.74 Å². The molecule has 0 saturated heterocycles. The van der Waals surface area contributed by atoms with Gasteiger partial charge in [0.2, 0.25) is 5.91 Å². The van der Waals surface area contributed by atoms with Gasteiger partial charge in [0.15, 0.2) is 6.23 Å². The lowest BCUT2D eigenvalue weighted by Gasteiger charge is -2.14. The molecule has 0 fully saturated rings. The van der Waals surface area contributed by atoms with E-state index in [0.29, 0.717) is 0 Å². The Balaban J connectivity index is 2.45. The van der Waals surface area contributed by atoms with E-state index in [0.717, 1.165) is 5.75 Å². The molecule has 1 atom stereocenters. The first-order valence-electron chi connectivity index (χ1n) is 4.08. The van der Waals surface area contributed by atoms with E-state index in [9.17, 15) is 4.79 Å². The number of carbonyl (C=O) groups excluding carboxylic acids is 1. The van der Waals surface area contributed by atoms with Gasteiger partial charge < -0.3 is 10.1 Å². The van der Waals surface area contributed by atoms with Gasteiger partial charge in [0.25, 0.3) is 0 Å². The Kier molecular flexibility index (Phi) is 3.31. The molecule has 69 valence electrons. The zero-order valence-corrected chi connectivity index (χ0v) is 7.70. The molecule has 1 aromatic rings. The molecule has 0 bridgehead atoms. The Hall–Kier alpha value is -1.51. The molecule has 0 spiro atoms. The fourth-order valence-electron chi connectivity index (χ4n) is 0.970. The summed E-state index contributed by atoms with van der Waals surface area (Å²) in [5.41, 5.74) is 0. The molecule has 3 heteroatoms. The zero-order chi connectivity index (χ0) is 9.68. The highest BCUT2D eigenvalue weighted by molar-refractivity contribution is 5.72. The van der Waals surface area contributed by atoms with Crippen molar-refractivity contribution < 1.29 is 9.53 Å². The number of hydrogen-bond donors (Lipinski definition) is 1. The van der Waals surface area contributed by atoms with Gasteiger partial charge >= 0.3 is 0 Å². The predicted molar refractivity (Wildman–Crippen MR) is 49.2 cm³/mol. The second-order valence-corrected chi connectivity index (χ2v) is 2.70. The molecule has 1 radical (unpaired) electrons. The van der Waals surface area contributed by atoms with E-state index in [1.165, 1.54) is 6.92 Å². The van der Waals surface area contributed by atoms with Crippen LogP contribution in [0.1, 0.15) is 13.8 Å². The van der Waals surface area contributed by atoms with Crippen molar-refractivity contribution in [3.05, 3.63) is 30.3 Å². The summed E-state index contributed by atoms with van der Waals surface area (Å²) in [7, 11) is 0. The minimum absolute atomic E-state index is 0.102. The van der Waals surface area contributed by atoms with Crippen LogP contribution in [0.15, 0.2) is 24.3 Å². The highest BCUT2D eigenvalue weighted by atomic mass is 16.5. The van der Waals surface area contributed by atoms with Gasteiger partial charge in [-0.1, -0.05) is 12.1 Å². The number of amides is 1. The first-order chi connectivity index (χ1) is 6.18. The van der Waals surface area contributed by atoms with Gasteiger partial charge in [-0.05, 0) is 25.1 Å². The molecule has 13 heavy (non-hydrogen) atoms. The summed E-state index contributed by atoms with van der Waals surface area (Å²) in [5.74, 6) is 0.620. The largest absolute Gasteiger partial charge is 0.471 e. The second-order valence-electron chi connectivity index (χ2n) is 2.70. The van der Waals surface area contributed by atoms with E-state index >= 15 is 0 Å². The van der Waals surface area contributed by atoms with Crippen molar-refractivity contribution in [3.8, 4) is 5.75 Å². The molecule has 0 aliphatic carbocycles. The van der Waals surface area contributed by atoms with Gasteiger partial charge in [0, 0.05) is 6.92 Å². The van der Waals surface area contributed by atoms with Crippen molar-refractivity contribution >= 4 is 5.91 Å². The normalized spacial score (nSPS) is 11.8. The van der Waals surface area contributed by atoms with Crippen molar-refractivity contribution in [1.29, 1.82) is 0 Å². The zero-order valence-electron chi connectivity index (χ0n) is 7.70. The molecule has 3 nitrogen and oxygen atoms in total. The standard InChI is InChI=1S/C10H12NO2/c1-8(12)11-9(2)13-10-6-4-3-5-7-10/h4-7,9H,1-2H3,(H,11,12). The van der Waals surface area contributed by atoms with Gasteiger partial charge in [0.05, 0.1) is 0 Å². The van der Waals surface area contributed by atoms with E-state index in [2.05, 4.69) is 11.4 Å². The van der Waals surface area contributed by atoms with Gasteiger partial charge in [-0.3, -0.25) is 4.79 Å². The van der Waals surface area contributed by atoms with Crippen molar-refractivity contribution in [2.24, 2.45) is 0 Å². The Morgan fingerprint density at radius 1 is 1.54 bits per heavy atom. The van der Waals surface area contributed by atoms with Crippen molar-refractivity contribution in [2.45, 2.75) is 20.1 Å². The SMILES string of the molecule is CC(=O)NC(C)Oc1cc[c]cc1. The van der Waals surface area contributed by atoms with Crippen molar-refractivity contribution in [1.82, 2.24) is 5.32 Å². The van der Waals surface area contributed by atoms with Crippen LogP contribution in [0.2, 0.25) is 0 Å².